The maximum Gasteiger partial charge on any atom is 0.254 e. The van der Waals surface area contributed by atoms with Gasteiger partial charge in [0.1, 0.15) is 0 Å². The SMILES string of the molecule is CC(=O)Nc1ccc(S(=O)(=O)N2CCC3(CC2)SCCN3C(=O)c2ccc(C)cc2)cc1. The van der Waals surface area contributed by atoms with Crippen molar-refractivity contribution >= 4 is 39.3 Å². The first-order chi connectivity index (χ1) is 15.2. The van der Waals surface area contributed by atoms with Crippen LogP contribution in [-0.4, -0.2) is 59.7 Å². The number of amides is 2. The van der Waals surface area contributed by atoms with E-state index in [1.54, 1.807) is 23.9 Å². The Morgan fingerprint density at radius 3 is 2.19 bits per heavy atom. The van der Waals surface area contributed by atoms with Crippen molar-refractivity contribution in [3.8, 4) is 0 Å². The molecule has 0 bridgehead atoms. The zero-order valence-corrected chi connectivity index (χ0v) is 19.8. The number of carbonyl (C=O) groups is 2. The molecule has 0 unspecified atom stereocenters. The predicted octanol–water partition coefficient (Wildman–Crippen LogP) is 3.32. The molecule has 32 heavy (non-hydrogen) atoms. The molecule has 2 heterocycles. The summed E-state index contributed by atoms with van der Waals surface area (Å²) in [6, 6.07) is 13.8. The summed E-state index contributed by atoms with van der Waals surface area (Å²) in [5.41, 5.74) is 2.34. The molecule has 2 saturated heterocycles. The average molecular weight is 474 g/mol. The summed E-state index contributed by atoms with van der Waals surface area (Å²) in [6.07, 6.45) is 1.19. The first-order valence-corrected chi connectivity index (χ1v) is 13.0. The second-order valence-electron chi connectivity index (χ2n) is 8.23. The molecule has 9 heteroatoms. The van der Waals surface area contributed by atoms with E-state index >= 15 is 0 Å². The number of thioether (sulfide) groups is 1. The molecule has 7 nitrogen and oxygen atoms in total. The number of hydrogen-bond donors (Lipinski definition) is 1. The summed E-state index contributed by atoms with van der Waals surface area (Å²) in [6.45, 7) is 4.79. The number of hydrogen-bond acceptors (Lipinski definition) is 5. The van der Waals surface area contributed by atoms with Crippen LogP contribution < -0.4 is 5.32 Å². The summed E-state index contributed by atoms with van der Waals surface area (Å²) in [4.78, 5) is 26.2. The van der Waals surface area contributed by atoms with Crippen molar-refractivity contribution in [1.82, 2.24) is 9.21 Å². The molecule has 0 radical (unpaired) electrons. The Morgan fingerprint density at radius 1 is 0.969 bits per heavy atom. The molecule has 1 spiro atoms. The largest absolute Gasteiger partial charge is 0.326 e. The van der Waals surface area contributed by atoms with E-state index in [0.717, 1.165) is 11.3 Å². The third-order valence-electron chi connectivity index (χ3n) is 6.04. The first kappa shape index (κ1) is 22.8. The summed E-state index contributed by atoms with van der Waals surface area (Å²) in [5.74, 6) is 0.662. The van der Waals surface area contributed by atoms with Crippen molar-refractivity contribution in [2.75, 3.05) is 30.7 Å². The highest BCUT2D eigenvalue weighted by atomic mass is 32.2. The van der Waals surface area contributed by atoms with Gasteiger partial charge >= 0.3 is 0 Å². The van der Waals surface area contributed by atoms with Crippen molar-refractivity contribution in [2.24, 2.45) is 0 Å². The van der Waals surface area contributed by atoms with Crippen molar-refractivity contribution in [1.29, 1.82) is 0 Å². The second kappa shape index (κ2) is 8.88. The van der Waals surface area contributed by atoms with Gasteiger partial charge in [0, 0.05) is 43.6 Å². The zero-order valence-electron chi connectivity index (χ0n) is 18.2. The third-order valence-corrected chi connectivity index (χ3v) is 9.50. The minimum absolute atomic E-state index is 0.0138. The first-order valence-electron chi connectivity index (χ1n) is 10.6. The van der Waals surface area contributed by atoms with Crippen LogP contribution in [0.1, 0.15) is 35.7 Å². The van der Waals surface area contributed by atoms with E-state index in [2.05, 4.69) is 5.32 Å². The van der Waals surface area contributed by atoms with Crippen LogP contribution >= 0.6 is 11.8 Å². The molecule has 2 aromatic carbocycles. The number of nitrogens with one attached hydrogen (secondary N) is 1. The average Bonchev–Trinajstić information content (AvgIpc) is 3.17. The van der Waals surface area contributed by atoms with Crippen molar-refractivity contribution < 1.29 is 18.0 Å². The lowest BCUT2D eigenvalue weighted by molar-refractivity contribution is -0.114. The Labute approximate surface area is 193 Å². The lowest BCUT2D eigenvalue weighted by Crippen LogP contribution is -2.53. The van der Waals surface area contributed by atoms with Gasteiger partial charge in [-0.1, -0.05) is 17.7 Å². The molecular weight excluding hydrogens is 446 g/mol. The van der Waals surface area contributed by atoms with E-state index in [4.69, 9.17) is 0 Å². The molecule has 2 aromatic rings. The van der Waals surface area contributed by atoms with E-state index < -0.39 is 10.0 Å². The quantitative estimate of drug-likeness (QED) is 0.736. The van der Waals surface area contributed by atoms with Gasteiger partial charge in [0.2, 0.25) is 15.9 Å². The minimum Gasteiger partial charge on any atom is -0.326 e. The minimum atomic E-state index is -3.64. The fourth-order valence-corrected chi connectivity index (χ4v) is 7.20. The molecule has 2 fully saturated rings. The third kappa shape index (κ3) is 4.42. The van der Waals surface area contributed by atoms with Crippen LogP contribution in [0.2, 0.25) is 0 Å². The Hall–Kier alpha value is -2.36. The van der Waals surface area contributed by atoms with E-state index in [-0.39, 0.29) is 21.6 Å². The number of piperidine rings is 1. The number of nitrogens with zero attached hydrogens (tertiary/aromatic N) is 2. The smallest absolute Gasteiger partial charge is 0.254 e. The summed E-state index contributed by atoms with van der Waals surface area (Å²) < 4.78 is 27.8. The van der Waals surface area contributed by atoms with Gasteiger partial charge in [-0.3, -0.25) is 9.59 Å². The normalized spacial score (nSPS) is 18.6. The van der Waals surface area contributed by atoms with E-state index in [0.29, 0.717) is 43.7 Å². The number of sulfonamides is 1. The molecule has 170 valence electrons. The number of rotatable bonds is 4. The molecule has 0 saturated carbocycles. The van der Waals surface area contributed by atoms with Crippen LogP contribution in [0.15, 0.2) is 53.4 Å². The number of anilines is 1. The van der Waals surface area contributed by atoms with Gasteiger partial charge < -0.3 is 10.2 Å². The molecular formula is C23H27N3O4S2. The van der Waals surface area contributed by atoms with Crippen molar-refractivity contribution in [3.05, 3.63) is 59.7 Å². The number of benzene rings is 2. The van der Waals surface area contributed by atoms with Gasteiger partial charge in [-0.05, 0) is 56.2 Å². The van der Waals surface area contributed by atoms with Gasteiger partial charge in [-0.25, -0.2) is 8.42 Å². The summed E-state index contributed by atoms with van der Waals surface area (Å²) in [7, 11) is -3.64. The summed E-state index contributed by atoms with van der Waals surface area (Å²) >= 11 is 1.76. The topological polar surface area (TPSA) is 86.8 Å². The van der Waals surface area contributed by atoms with Crippen LogP contribution in [0.5, 0.6) is 0 Å². The monoisotopic (exact) mass is 473 g/mol. The number of carbonyl (C=O) groups excluding carboxylic acids is 2. The molecule has 2 aliphatic rings. The Kier molecular flexibility index (Phi) is 6.33. The predicted molar refractivity (Wildman–Crippen MR) is 126 cm³/mol. The fourth-order valence-electron chi connectivity index (χ4n) is 4.30. The highest BCUT2D eigenvalue weighted by Gasteiger charge is 2.48. The number of aryl methyl sites for hydroxylation is 1. The zero-order chi connectivity index (χ0) is 22.9. The fraction of sp³-hybridized carbons (Fsp3) is 0.391. The molecule has 0 atom stereocenters. The standard InChI is InChI=1S/C23H27N3O4S2/c1-17-3-5-19(6-4-17)22(28)26-15-16-31-23(26)11-13-25(14-12-23)32(29,30)21-9-7-20(8-10-21)24-18(2)27/h3-10H,11-16H2,1-2H3,(H,24,27). The van der Waals surface area contributed by atoms with Crippen LogP contribution in [0.25, 0.3) is 0 Å². The van der Waals surface area contributed by atoms with Gasteiger partial charge in [0.25, 0.3) is 5.91 Å². The lowest BCUT2D eigenvalue weighted by Gasteiger charge is -2.43. The highest BCUT2D eigenvalue weighted by molar-refractivity contribution is 8.00. The maximum absolute atomic E-state index is 13.2. The maximum atomic E-state index is 13.2. The molecule has 4 rings (SSSR count). The Morgan fingerprint density at radius 2 is 1.59 bits per heavy atom. The molecule has 2 aliphatic heterocycles. The van der Waals surface area contributed by atoms with E-state index in [1.165, 1.54) is 23.4 Å². The molecule has 0 aromatic heterocycles. The highest BCUT2D eigenvalue weighted by Crippen LogP contribution is 2.45. The van der Waals surface area contributed by atoms with Gasteiger partial charge in [-0.15, -0.1) is 11.8 Å². The van der Waals surface area contributed by atoms with Crippen LogP contribution in [0.3, 0.4) is 0 Å². The second-order valence-corrected chi connectivity index (χ2v) is 11.6. The van der Waals surface area contributed by atoms with Crippen molar-refractivity contribution in [3.63, 3.8) is 0 Å². The van der Waals surface area contributed by atoms with Crippen molar-refractivity contribution in [2.45, 2.75) is 36.5 Å². The lowest BCUT2D eigenvalue weighted by atomic mass is 10.0. The van der Waals surface area contributed by atoms with Crippen LogP contribution in [-0.2, 0) is 14.8 Å². The summed E-state index contributed by atoms with van der Waals surface area (Å²) in [5, 5.41) is 2.64. The van der Waals surface area contributed by atoms with E-state index in [9.17, 15) is 18.0 Å². The van der Waals surface area contributed by atoms with Gasteiger partial charge in [-0.2, -0.15) is 4.31 Å². The van der Waals surface area contributed by atoms with Crippen LogP contribution in [0, 0.1) is 6.92 Å². The Balaban J connectivity index is 1.47. The van der Waals surface area contributed by atoms with Crippen LogP contribution in [0.4, 0.5) is 5.69 Å². The van der Waals surface area contributed by atoms with Gasteiger partial charge in [0.15, 0.2) is 0 Å². The Bertz CT molecular complexity index is 1110. The molecule has 2 amide bonds. The van der Waals surface area contributed by atoms with Gasteiger partial charge in [0.05, 0.1) is 9.77 Å². The molecule has 0 aliphatic carbocycles. The molecule has 1 N–H and O–H groups in total. The van der Waals surface area contributed by atoms with E-state index in [1.807, 2.05) is 36.1 Å².